The molecular weight excluding hydrogens is 408 g/mol. The van der Waals surface area contributed by atoms with Gasteiger partial charge in [-0.15, -0.1) is 0 Å². The number of nitrogens with zero attached hydrogens (tertiary/aromatic N) is 3. The minimum atomic E-state index is -0.369. The van der Waals surface area contributed by atoms with Gasteiger partial charge in [-0.3, -0.25) is 9.59 Å². The van der Waals surface area contributed by atoms with Gasteiger partial charge in [-0.05, 0) is 66.4 Å². The van der Waals surface area contributed by atoms with E-state index in [4.69, 9.17) is 0 Å². The number of anilines is 2. The Bertz CT molecular complexity index is 1160. The molecule has 7 heteroatoms. The number of benzene rings is 2. The van der Waals surface area contributed by atoms with E-state index < -0.39 is 0 Å². The van der Waals surface area contributed by atoms with Crippen molar-refractivity contribution in [1.29, 1.82) is 0 Å². The second-order valence-electron chi connectivity index (χ2n) is 8.12. The van der Waals surface area contributed by atoms with Gasteiger partial charge in [0.15, 0.2) is 5.16 Å². The van der Waals surface area contributed by atoms with Crippen LogP contribution in [-0.4, -0.2) is 27.9 Å². The van der Waals surface area contributed by atoms with Crippen molar-refractivity contribution in [3.05, 3.63) is 66.0 Å². The maximum Gasteiger partial charge on any atom is 0.229 e. The van der Waals surface area contributed by atoms with Crippen LogP contribution in [-0.2, 0) is 29.5 Å². The first-order valence-corrected chi connectivity index (χ1v) is 11.4. The van der Waals surface area contributed by atoms with E-state index in [0.29, 0.717) is 6.54 Å². The minimum Gasteiger partial charge on any atom is -0.329 e. The predicted molar refractivity (Wildman–Crippen MR) is 121 cm³/mol. The van der Waals surface area contributed by atoms with Crippen LogP contribution in [0, 0.1) is 5.92 Å². The monoisotopic (exact) mass is 432 g/mol. The zero-order valence-corrected chi connectivity index (χ0v) is 18.2. The summed E-state index contributed by atoms with van der Waals surface area (Å²) in [6, 6.07) is 14.0. The summed E-state index contributed by atoms with van der Waals surface area (Å²) >= 11 is 1.50. The van der Waals surface area contributed by atoms with E-state index >= 15 is 0 Å². The highest BCUT2D eigenvalue weighted by Gasteiger charge is 2.35. The number of amides is 2. The highest BCUT2D eigenvalue weighted by Crippen LogP contribution is 2.34. The number of aromatic nitrogens is 2. The molecule has 1 unspecified atom stereocenters. The van der Waals surface area contributed by atoms with Crippen molar-refractivity contribution < 1.29 is 9.59 Å². The fourth-order valence-electron chi connectivity index (χ4n) is 4.30. The topological polar surface area (TPSA) is 67.2 Å². The molecule has 0 spiro atoms. The second-order valence-corrected chi connectivity index (χ2v) is 9.13. The van der Waals surface area contributed by atoms with Crippen LogP contribution in [0.2, 0.25) is 0 Å². The largest absolute Gasteiger partial charge is 0.329 e. The summed E-state index contributed by atoms with van der Waals surface area (Å²) in [7, 11) is 1.94. The molecule has 1 aromatic heterocycles. The van der Waals surface area contributed by atoms with Crippen molar-refractivity contribution >= 4 is 35.0 Å². The van der Waals surface area contributed by atoms with Crippen LogP contribution >= 0.6 is 11.8 Å². The zero-order chi connectivity index (χ0) is 21.4. The summed E-state index contributed by atoms with van der Waals surface area (Å²) in [5, 5.41) is 3.89. The Kier molecular flexibility index (Phi) is 5.28. The predicted octanol–water partition coefficient (Wildman–Crippen LogP) is 4.05. The molecule has 0 radical (unpaired) electrons. The van der Waals surface area contributed by atoms with Gasteiger partial charge in [0.2, 0.25) is 11.8 Å². The van der Waals surface area contributed by atoms with Gasteiger partial charge < -0.3 is 14.8 Å². The lowest BCUT2D eigenvalue weighted by Gasteiger charge is -2.18. The third-order valence-corrected chi connectivity index (χ3v) is 7.16. The fourth-order valence-corrected chi connectivity index (χ4v) is 5.19. The van der Waals surface area contributed by atoms with Gasteiger partial charge >= 0.3 is 0 Å². The number of hydrogen-bond acceptors (Lipinski definition) is 4. The molecule has 1 fully saturated rings. The summed E-state index contributed by atoms with van der Waals surface area (Å²) in [5.74, 6) is -0.481. The Hall–Kier alpha value is -3.06. The van der Waals surface area contributed by atoms with Crippen molar-refractivity contribution in [2.75, 3.05) is 16.8 Å². The Morgan fingerprint density at radius 1 is 1.16 bits per heavy atom. The molecular formula is C24H24N4O2S. The number of rotatable bonds is 5. The number of hydrogen-bond donors (Lipinski definition) is 1. The second kappa shape index (κ2) is 8.23. The van der Waals surface area contributed by atoms with E-state index in [-0.39, 0.29) is 24.2 Å². The summed E-state index contributed by atoms with van der Waals surface area (Å²) in [4.78, 5) is 32.7. The molecule has 0 saturated carbocycles. The lowest BCUT2D eigenvalue weighted by atomic mass is 10.1. The van der Waals surface area contributed by atoms with Crippen molar-refractivity contribution in [2.24, 2.45) is 13.0 Å². The molecule has 31 heavy (non-hydrogen) atoms. The first-order chi connectivity index (χ1) is 15.1. The summed E-state index contributed by atoms with van der Waals surface area (Å²) < 4.78 is 1.94. The zero-order valence-electron chi connectivity index (χ0n) is 17.4. The molecule has 1 aliphatic carbocycles. The van der Waals surface area contributed by atoms with Gasteiger partial charge in [-0.25, -0.2) is 4.98 Å². The number of fused-ring (bicyclic) bond motifs is 1. The molecule has 3 aromatic rings. The van der Waals surface area contributed by atoms with Crippen molar-refractivity contribution in [1.82, 2.24) is 9.55 Å². The Morgan fingerprint density at radius 2 is 2.00 bits per heavy atom. The van der Waals surface area contributed by atoms with E-state index in [0.717, 1.165) is 34.3 Å². The number of carbonyl (C=O) groups excluding carboxylic acids is 2. The Labute approximate surface area is 185 Å². The molecule has 0 bridgehead atoms. The highest BCUT2D eigenvalue weighted by molar-refractivity contribution is 7.99. The smallest absolute Gasteiger partial charge is 0.229 e. The molecule has 2 heterocycles. The third-order valence-electron chi connectivity index (χ3n) is 6.01. The molecule has 158 valence electrons. The van der Waals surface area contributed by atoms with E-state index in [1.807, 2.05) is 48.1 Å². The summed E-state index contributed by atoms with van der Waals surface area (Å²) in [5.41, 5.74) is 4.36. The number of carbonyl (C=O) groups is 2. The van der Waals surface area contributed by atoms with Gasteiger partial charge in [0.1, 0.15) is 0 Å². The van der Waals surface area contributed by atoms with E-state index in [1.54, 1.807) is 11.1 Å². The number of nitrogens with one attached hydrogen (secondary N) is 1. The number of imidazole rings is 1. The van der Waals surface area contributed by atoms with Gasteiger partial charge in [-0.2, -0.15) is 0 Å². The van der Waals surface area contributed by atoms with Crippen LogP contribution in [0.1, 0.15) is 24.0 Å². The summed E-state index contributed by atoms with van der Waals surface area (Å²) in [6.07, 6.45) is 7.23. The maximum absolute atomic E-state index is 13.0. The van der Waals surface area contributed by atoms with Crippen molar-refractivity contribution in [2.45, 2.75) is 35.7 Å². The van der Waals surface area contributed by atoms with Crippen LogP contribution in [0.15, 0.2) is 64.9 Å². The van der Waals surface area contributed by atoms with E-state index in [2.05, 4.69) is 22.4 Å². The first-order valence-electron chi connectivity index (χ1n) is 10.6. The van der Waals surface area contributed by atoms with Crippen LogP contribution in [0.3, 0.4) is 0 Å². The first kappa shape index (κ1) is 19.9. The molecule has 1 N–H and O–H groups in total. The lowest BCUT2D eigenvalue weighted by Crippen LogP contribution is -2.28. The SMILES string of the molecule is Cn1ccnc1Sc1ccccc1NC(=O)C1CC(=O)N(c2ccc3c(c2)CCC3)C1. The third kappa shape index (κ3) is 3.97. The normalized spacial score (nSPS) is 17.8. The van der Waals surface area contributed by atoms with Gasteiger partial charge in [-0.1, -0.05) is 18.2 Å². The van der Waals surface area contributed by atoms with E-state index in [1.165, 1.54) is 29.3 Å². The number of para-hydroxylation sites is 1. The average molecular weight is 433 g/mol. The molecule has 5 rings (SSSR count). The molecule has 2 aromatic carbocycles. The summed E-state index contributed by atoms with van der Waals surface area (Å²) in [6.45, 7) is 0.415. The van der Waals surface area contributed by atoms with Crippen LogP contribution in [0.4, 0.5) is 11.4 Å². The van der Waals surface area contributed by atoms with Gasteiger partial charge in [0.05, 0.1) is 11.6 Å². The fraction of sp³-hybridized carbons (Fsp3) is 0.292. The molecule has 2 amide bonds. The quantitative estimate of drug-likeness (QED) is 0.661. The van der Waals surface area contributed by atoms with Crippen molar-refractivity contribution in [3.8, 4) is 0 Å². The van der Waals surface area contributed by atoms with Gasteiger partial charge in [0, 0.05) is 43.0 Å². The maximum atomic E-state index is 13.0. The van der Waals surface area contributed by atoms with E-state index in [9.17, 15) is 9.59 Å². The molecule has 1 atom stereocenters. The molecule has 6 nitrogen and oxygen atoms in total. The lowest BCUT2D eigenvalue weighted by molar-refractivity contribution is -0.122. The van der Waals surface area contributed by atoms with Crippen LogP contribution in [0.5, 0.6) is 0 Å². The van der Waals surface area contributed by atoms with Gasteiger partial charge in [0.25, 0.3) is 0 Å². The average Bonchev–Trinajstić information content (AvgIpc) is 3.49. The van der Waals surface area contributed by atoms with Crippen LogP contribution in [0.25, 0.3) is 0 Å². The van der Waals surface area contributed by atoms with Crippen molar-refractivity contribution in [3.63, 3.8) is 0 Å². The Balaban J connectivity index is 1.30. The minimum absolute atomic E-state index is 0.00812. The highest BCUT2D eigenvalue weighted by atomic mass is 32.2. The number of aryl methyl sites for hydroxylation is 3. The van der Waals surface area contributed by atoms with Crippen LogP contribution < -0.4 is 10.2 Å². The molecule has 1 saturated heterocycles. The standard InChI is InChI=1S/C24H24N4O2S/c1-27-12-11-25-24(27)31-21-8-3-2-7-20(21)26-23(30)18-14-22(29)28(15-18)19-10-9-16-5-4-6-17(16)13-19/h2-3,7-13,18H,4-6,14-15H2,1H3,(H,26,30). The molecule has 1 aliphatic heterocycles. The Morgan fingerprint density at radius 3 is 2.84 bits per heavy atom. The molecule has 2 aliphatic rings.